The Balaban J connectivity index is 2.37. The molecule has 0 aliphatic carbocycles. The van der Waals surface area contributed by atoms with Gasteiger partial charge in [-0.15, -0.1) is 0 Å². The summed E-state index contributed by atoms with van der Waals surface area (Å²) in [7, 11) is 0. The van der Waals surface area contributed by atoms with Crippen molar-refractivity contribution in [3.8, 4) is 0 Å². The Morgan fingerprint density at radius 1 is 1.36 bits per heavy atom. The summed E-state index contributed by atoms with van der Waals surface area (Å²) in [5.41, 5.74) is 1.17. The lowest BCUT2D eigenvalue weighted by atomic mass is 10.1. The van der Waals surface area contributed by atoms with E-state index in [-0.39, 0.29) is 5.78 Å². The van der Waals surface area contributed by atoms with Crippen molar-refractivity contribution in [2.45, 2.75) is 0 Å². The summed E-state index contributed by atoms with van der Waals surface area (Å²) in [5.74, 6) is -0.0347. The Morgan fingerprint density at radius 2 is 2.21 bits per heavy atom. The lowest BCUT2D eigenvalue weighted by Crippen LogP contribution is -2.02. The van der Waals surface area contributed by atoms with Crippen LogP contribution in [0.15, 0.2) is 39.6 Å². The molecule has 0 saturated carbocycles. The summed E-state index contributed by atoms with van der Waals surface area (Å²) in [5, 5.41) is 3.70. The molecule has 0 saturated heterocycles. The number of carbonyl (C=O) groups excluding carboxylic acids is 1. The maximum absolute atomic E-state index is 11.8. The zero-order valence-electron chi connectivity index (χ0n) is 7.11. The van der Waals surface area contributed by atoms with E-state index in [0.717, 1.165) is 0 Å². The third kappa shape index (κ3) is 1.91. The van der Waals surface area contributed by atoms with Crippen molar-refractivity contribution in [1.82, 2.24) is 4.98 Å². The van der Waals surface area contributed by atoms with Crippen LogP contribution in [0.4, 0.5) is 0 Å². The summed E-state index contributed by atoms with van der Waals surface area (Å²) < 4.78 is 0.679. The number of thiophene rings is 1. The predicted octanol–water partition coefficient (Wildman–Crippen LogP) is 3.14. The van der Waals surface area contributed by atoms with Crippen LogP contribution in [0.1, 0.15) is 16.1 Å². The zero-order chi connectivity index (χ0) is 9.97. The molecule has 14 heavy (non-hydrogen) atoms. The highest BCUT2D eigenvalue weighted by Gasteiger charge is 2.10. The average molecular weight is 268 g/mol. The lowest BCUT2D eigenvalue weighted by Gasteiger charge is -1.97. The number of rotatable bonds is 2. The number of pyridine rings is 1. The first-order valence-corrected chi connectivity index (χ1v) is 5.70. The van der Waals surface area contributed by atoms with Crippen molar-refractivity contribution in [3.63, 3.8) is 0 Å². The van der Waals surface area contributed by atoms with Crippen LogP contribution in [0.3, 0.4) is 0 Å². The molecule has 0 amide bonds. The minimum Gasteiger partial charge on any atom is -0.287 e. The van der Waals surface area contributed by atoms with Gasteiger partial charge in [0.1, 0.15) is 10.3 Å². The van der Waals surface area contributed by atoms with Crippen molar-refractivity contribution < 1.29 is 4.79 Å². The number of aromatic nitrogens is 1. The molecule has 2 rings (SSSR count). The summed E-state index contributed by atoms with van der Waals surface area (Å²) in [6, 6.07) is 7.11. The van der Waals surface area contributed by atoms with Crippen LogP contribution >= 0.6 is 27.3 Å². The maximum atomic E-state index is 11.8. The van der Waals surface area contributed by atoms with E-state index in [0.29, 0.717) is 15.9 Å². The van der Waals surface area contributed by atoms with Gasteiger partial charge in [-0.2, -0.15) is 11.3 Å². The molecule has 0 atom stereocenters. The van der Waals surface area contributed by atoms with E-state index in [1.807, 2.05) is 10.8 Å². The van der Waals surface area contributed by atoms with Crippen LogP contribution in [-0.2, 0) is 0 Å². The summed E-state index contributed by atoms with van der Waals surface area (Å²) >= 11 is 4.74. The molecule has 0 aliphatic heterocycles. The van der Waals surface area contributed by atoms with E-state index in [2.05, 4.69) is 20.9 Å². The molecule has 70 valence electrons. The van der Waals surface area contributed by atoms with Crippen LogP contribution in [0.2, 0.25) is 0 Å². The smallest absolute Gasteiger partial charge is 0.212 e. The highest BCUT2D eigenvalue weighted by Crippen LogP contribution is 2.13. The molecule has 0 spiro atoms. The first-order valence-electron chi connectivity index (χ1n) is 3.97. The average Bonchev–Trinajstić information content (AvgIpc) is 2.69. The molecular weight excluding hydrogens is 262 g/mol. The summed E-state index contributed by atoms with van der Waals surface area (Å²) in [4.78, 5) is 15.9. The molecule has 0 bridgehead atoms. The van der Waals surface area contributed by atoms with Crippen LogP contribution in [0, 0.1) is 0 Å². The van der Waals surface area contributed by atoms with Gasteiger partial charge in [-0.05, 0) is 39.5 Å². The Morgan fingerprint density at radius 3 is 2.86 bits per heavy atom. The number of halogens is 1. The van der Waals surface area contributed by atoms with E-state index >= 15 is 0 Å². The second-order valence-electron chi connectivity index (χ2n) is 2.69. The van der Waals surface area contributed by atoms with Gasteiger partial charge >= 0.3 is 0 Å². The molecule has 0 fully saturated rings. The van der Waals surface area contributed by atoms with Gasteiger partial charge in [-0.25, -0.2) is 4.98 Å². The second-order valence-corrected chi connectivity index (χ2v) is 4.28. The monoisotopic (exact) mass is 267 g/mol. The summed E-state index contributed by atoms with van der Waals surface area (Å²) in [6.45, 7) is 0. The SMILES string of the molecule is O=C(c1ccsc1)c1cccc(Br)n1. The van der Waals surface area contributed by atoms with Gasteiger partial charge in [0.2, 0.25) is 5.78 Å². The number of carbonyl (C=O) groups is 1. The molecule has 2 aromatic heterocycles. The molecular formula is C10H6BrNOS. The molecule has 4 heteroatoms. The third-order valence-corrected chi connectivity index (χ3v) is 2.86. The molecule has 0 radical (unpaired) electrons. The predicted molar refractivity (Wildman–Crippen MR) is 59.7 cm³/mol. The van der Waals surface area contributed by atoms with Gasteiger partial charge in [0.25, 0.3) is 0 Å². The standard InChI is InChI=1S/C10H6BrNOS/c11-9-3-1-2-8(12-9)10(13)7-4-5-14-6-7/h1-6H. The van der Waals surface area contributed by atoms with Crippen LogP contribution in [-0.4, -0.2) is 10.8 Å². The van der Waals surface area contributed by atoms with Crippen molar-refractivity contribution in [2.24, 2.45) is 0 Å². The van der Waals surface area contributed by atoms with Gasteiger partial charge in [0, 0.05) is 10.9 Å². The van der Waals surface area contributed by atoms with E-state index in [4.69, 9.17) is 0 Å². The maximum Gasteiger partial charge on any atom is 0.212 e. The van der Waals surface area contributed by atoms with Crippen molar-refractivity contribution >= 4 is 33.0 Å². The minimum absolute atomic E-state index is 0.0347. The first kappa shape index (κ1) is 9.55. The number of hydrogen-bond donors (Lipinski definition) is 0. The van der Waals surface area contributed by atoms with E-state index in [1.165, 1.54) is 11.3 Å². The highest BCUT2D eigenvalue weighted by molar-refractivity contribution is 9.10. The van der Waals surface area contributed by atoms with E-state index in [1.54, 1.807) is 24.3 Å². The number of hydrogen-bond acceptors (Lipinski definition) is 3. The largest absolute Gasteiger partial charge is 0.287 e. The topological polar surface area (TPSA) is 30.0 Å². The summed E-state index contributed by atoms with van der Waals surface area (Å²) in [6.07, 6.45) is 0. The van der Waals surface area contributed by atoms with Crippen molar-refractivity contribution in [3.05, 3.63) is 50.9 Å². The van der Waals surface area contributed by atoms with E-state index < -0.39 is 0 Å². The van der Waals surface area contributed by atoms with Crippen molar-refractivity contribution in [2.75, 3.05) is 0 Å². The van der Waals surface area contributed by atoms with Crippen LogP contribution in [0.5, 0.6) is 0 Å². The fourth-order valence-electron chi connectivity index (χ4n) is 1.08. The fraction of sp³-hybridized carbons (Fsp3) is 0. The van der Waals surface area contributed by atoms with Gasteiger partial charge in [-0.3, -0.25) is 4.79 Å². The molecule has 0 unspecified atom stereocenters. The minimum atomic E-state index is -0.0347. The Hall–Kier alpha value is -1.000. The highest BCUT2D eigenvalue weighted by atomic mass is 79.9. The molecule has 2 nitrogen and oxygen atoms in total. The molecule has 0 aromatic carbocycles. The third-order valence-electron chi connectivity index (χ3n) is 1.73. The van der Waals surface area contributed by atoms with Gasteiger partial charge in [0.15, 0.2) is 0 Å². The normalized spacial score (nSPS) is 10.1. The zero-order valence-corrected chi connectivity index (χ0v) is 9.51. The Bertz CT molecular complexity index is 453. The molecule has 2 heterocycles. The molecule has 0 aliphatic rings. The molecule has 2 aromatic rings. The number of nitrogens with zero attached hydrogens (tertiary/aromatic N) is 1. The Labute approximate surface area is 93.7 Å². The van der Waals surface area contributed by atoms with Gasteiger partial charge in [0.05, 0.1) is 0 Å². The van der Waals surface area contributed by atoms with Gasteiger partial charge in [-0.1, -0.05) is 6.07 Å². The van der Waals surface area contributed by atoms with Crippen LogP contribution in [0.25, 0.3) is 0 Å². The first-order chi connectivity index (χ1) is 6.77. The number of ketones is 1. The van der Waals surface area contributed by atoms with Crippen LogP contribution < -0.4 is 0 Å². The fourth-order valence-corrected chi connectivity index (χ4v) is 2.06. The quantitative estimate of drug-likeness (QED) is 0.618. The van der Waals surface area contributed by atoms with Gasteiger partial charge < -0.3 is 0 Å². The molecule has 0 N–H and O–H groups in total. The lowest BCUT2D eigenvalue weighted by molar-refractivity contribution is 0.103. The van der Waals surface area contributed by atoms with E-state index in [9.17, 15) is 4.79 Å². The van der Waals surface area contributed by atoms with Crippen molar-refractivity contribution in [1.29, 1.82) is 0 Å². The Kier molecular flexibility index (Phi) is 2.74. The second kappa shape index (κ2) is 4.02.